The molecule has 2 atom stereocenters. The molecular formula is C16H26N4O4. The van der Waals surface area contributed by atoms with Crippen molar-refractivity contribution < 1.29 is 19.2 Å². The van der Waals surface area contributed by atoms with E-state index in [0.29, 0.717) is 25.8 Å². The van der Waals surface area contributed by atoms with E-state index in [1.54, 1.807) is 0 Å². The van der Waals surface area contributed by atoms with Gasteiger partial charge in [-0.1, -0.05) is 13.3 Å². The maximum absolute atomic E-state index is 12.5. The number of amides is 3. The van der Waals surface area contributed by atoms with E-state index in [-0.39, 0.29) is 24.4 Å². The molecule has 1 aliphatic heterocycles. The zero-order valence-corrected chi connectivity index (χ0v) is 14.0. The minimum atomic E-state index is -0.850. The average molecular weight is 338 g/mol. The van der Waals surface area contributed by atoms with E-state index in [4.69, 9.17) is 5.73 Å². The van der Waals surface area contributed by atoms with Crippen molar-refractivity contribution in [3.63, 3.8) is 0 Å². The second-order valence-electron chi connectivity index (χ2n) is 6.41. The van der Waals surface area contributed by atoms with Gasteiger partial charge in [0.1, 0.15) is 6.04 Å². The zero-order chi connectivity index (χ0) is 17.7. The molecule has 1 heterocycles. The van der Waals surface area contributed by atoms with Gasteiger partial charge in [-0.15, -0.1) is 0 Å². The van der Waals surface area contributed by atoms with Crippen LogP contribution in [-0.4, -0.2) is 59.6 Å². The van der Waals surface area contributed by atoms with E-state index in [0.717, 1.165) is 19.3 Å². The number of carbonyl (C=O) groups excluding carboxylic acids is 4. The highest BCUT2D eigenvalue weighted by molar-refractivity contribution is 6.38. The fourth-order valence-electron chi connectivity index (χ4n) is 2.92. The molecule has 4 N–H and O–H groups in total. The quantitative estimate of drug-likeness (QED) is 0.494. The Bertz CT molecular complexity index is 518. The summed E-state index contributed by atoms with van der Waals surface area (Å²) in [5.41, 5.74) is 5.37. The lowest BCUT2D eigenvalue weighted by atomic mass is 10.1. The van der Waals surface area contributed by atoms with E-state index in [1.807, 2.05) is 6.92 Å². The Labute approximate surface area is 141 Å². The minimum Gasteiger partial charge on any atom is -0.347 e. The number of carbonyl (C=O) groups is 4. The minimum absolute atomic E-state index is 0.0897. The first-order valence-electron chi connectivity index (χ1n) is 8.62. The SMILES string of the molecule is CCCC(NC(=O)C1CCCN1C(=O)CN)C(=O)C(=O)NC1CC1. The summed E-state index contributed by atoms with van der Waals surface area (Å²) < 4.78 is 0. The standard InChI is InChI=1S/C16H26N4O4/c1-2-4-11(14(22)16(24)18-10-6-7-10)19-15(23)12-5-3-8-20(12)13(21)9-17/h10-12H,2-9,17H2,1H3,(H,18,24)(H,19,23). The van der Waals surface area contributed by atoms with Crippen LogP contribution in [0, 0.1) is 0 Å². The number of nitrogens with one attached hydrogen (secondary N) is 2. The number of ketones is 1. The van der Waals surface area contributed by atoms with Crippen LogP contribution in [-0.2, 0) is 19.2 Å². The Balaban J connectivity index is 1.97. The number of Topliss-reactive ketones (excluding diaryl/α,β-unsaturated/α-hetero) is 1. The molecule has 8 nitrogen and oxygen atoms in total. The third-order valence-corrected chi connectivity index (χ3v) is 4.40. The number of nitrogens with zero attached hydrogens (tertiary/aromatic N) is 1. The fourth-order valence-corrected chi connectivity index (χ4v) is 2.92. The molecule has 1 saturated carbocycles. The Morgan fingerprint density at radius 1 is 1.21 bits per heavy atom. The summed E-state index contributed by atoms with van der Waals surface area (Å²) in [6.45, 7) is 2.22. The van der Waals surface area contributed by atoms with Crippen LogP contribution in [0.3, 0.4) is 0 Å². The Hall–Kier alpha value is -1.96. The molecule has 2 fully saturated rings. The summed E-state index contributed by atoms with van der Waals surface area (Å²) in [7, 11) is 0. The van der Waals surface area contributed by atoms with Gasteiger partial charge in [0.15, 0.2) is 0 Å². The van der Waals surface area contributed by atoms with Gasteiger partial charge >= 0.3 is 0 Å². The molecule has 0 aromatic rings. The predicted molar refractivity (Wildman–Crippen MR) is 86.8 cm³/mol. The van der Waals surface area contributed by atoms with Gasteiger partial charge in [0.2, 0.25) is 17.6 Å². The third kappa shape index (κ3) is 4.53. The lowest BCUT2D eigenvalue weighted by Gasteiger charge is -2.25. The van der Waals surface area contributed by atoms with Crippen molar-refractivity contribution in [2.45, 2.75) is 63.6 Å². The van der Waals surface area contributed by atoms with Crippen molar-refractivity contribution in [2.24, 2.45) is 5.73 Å². The molecule has 0 bridgehead atoms. The van der Waals surface area contributed by atoms with Crippen molar-refractivity contribution in [3.05, 3.63) is 0 Å². The Morgan fingerprint density at radius 3 is 2.50 bits per heavy atom. The highest BCUT2D eigenvalue weighted by Crippen LogP contribution is 2.19. The van der Waals surface area contributed by atoms with Gasteiger partial charge < -0.3 is 21.3 Å². The summed E-state index contributed by atoms with van der Waals surface area (Å²) in [6, 6.07) is -1.37. The Kier molecular flexibility index (Phi) is 6.30. The zero-order valence-electron chi connectivity index (χ0n) is 14.0. The first-order chi connectivity index (χ1) is 11.5. The molecule has 2 rings (SSSR count). The maximum atomic E-state index is 12.5. The smallest absolute Gasteiger partial charge is 0.289 e. The molecule has 3 amide bonds. The maximum Gasteiger partial charge on any atom is 0.289 e. The van der Waals surface area contributed by atoms with Crippen molar-refractivity contribution >= 4 is 23.5 Å². The van der Waals surface area contributed by atoms with Gasteiger partial charge in [0.25, 0.3) is 5.91 Å². The second-order valence-corrected chi connectivity index (χ2v) is 6.41. The first-order valence-corrected chi connectivity index (χ1v) is 8.62. The number of hydrogen-bond acceptors (Lipinski definition) is 5. The van der Waals surface area contributed by atoms with Crippen molar-refractivity contribution in [2.75, 3.05) is 13.1 Å². The third-order valence-electron chi connectivity index (χ3n) is 4.40. The lowest BCUT2D eigenvalue weighted by molar-refractivity contribution is -0.142. The van der Waals surface area contributed by atoms with Crippen LogP contribution in [0.25, 0.3) is 0 Å². The van der Waals surface area contributed by atoms with Gasteiger partial charge in [-0.3, -0.25) is 19.2 Å². The number of rotatable bonds is 8. The van der Waals surface area contributed by atoms with E-state index in [2.05, 4.69) is 10.6 Å². The molecule has 134 valence electrons. The van der Waals surface area contributed by atoms with Gasteiger partial charge in [-0.25, -0.2) is 0 Å². The number of likely N-dealkylation sites (tertiary alicyclic amines) is 1. The Morgan fingerprint density at radius 2 is 1.92 bits per heavy atom. The first kappa shape index (κ1) is 18.4. The largest absolute Gasteiger partial charge is 0.347 e. The van der Waals surface area contributed by atoms with Crippen LogP contribution in [0.4, 0.5) is 0 Å². The van der Waals surface area contributed by atoms with Crippen molar-refractivity contribution in [1.82, 2.24) is 15.5 Å². The van der Waals surface area contributed by atoms with Gasteiger partial charge in [0, 0.05) is 12.6 Å². The van der Waals surface area contributed by atoms with Crippen LogP contribution >= 0.6 is 0 Å². The highest BCUT2D eigenvalue weighted by atomic mass is 16.2. The monoisotopic (exact) mass is 338 g/mol. The molecule has 2 unspecified atom stereocenters. The van der Waals surface area contributed by atoms with E-state index in [9.17, 15) is 19.2 Å². The van der Waals surface area contributed by atoms with Crippen LogP contribution < -0.4 is 16.4 Å². The molecule has 2 aliphatic rings. The average Bonchev–Trinajstić information content (AvgIpc) is 3.24. The summed E-state index contributed by atoms with van der Waals surface area (Å²) in [5.74, 6) is -1.93. The van der Waals surface area contributed by atoms with E-state index >= 15 is 0 Å². The van der Waals surface area contributed by atoms with Gasteiger partial charge in [0.05, 0.1) is 12.6 Å². The molecule has 0 aromatic heterocycles. The van der Waals surface area contributed by atoms with E-state index in [1.165, 1.54) is 4.90 Å². The normalized spacial score (nSPS) is 21.2. The summed E-state index contributed by atoms with van der Waals surface area (Å²) >= 11 is 0. The van der Waals surface area contributed by atoms with Crippen molar-refractivity contribution in [3.8, 4) is 0 Å². The molecule has 0 spiro atoms. The van der Waals surface area contributed by atoms with Crippen LogP contribution in [0.15, 0.2) is 0 Å². The van der Waals surface area contributed by atoms with E-state index < -0.39 is 23.8 Å². The molecular weight excluding hydrogens is 312 g/mol. The molecule has 1 saturated heterocycles. The summed E-state index contributed by atoms with van der Waals surface area (Å²) in [4.78, 5) is 50.0. The highest BCUT2D eigenvalue weighted by Gasteiger charge is 2.36. The summed E-state index contributed by atoms with van der Waals surface area (Å²) in [6.07, 6.45) is 4.09. The fraction of sp³-hybridized carbons (Fsp3) is 0.750. The molecule has 0 aromatic carbocycles. The molecule has 0 radical (unpaired) electrons. The molecule has 8 heteroatoms. The second kappa shape index (κ2) is 8.23. The molecule has 1 aliphatic carbocycles. The van der Waals surface area contributed by atoms with Crippen molar-refractivity contribution in [1.29, 1.82) is 0 Å². The van der Waals surface area contributed by atoms with Gasteiger partial charge in [-0.05, 0) is 32.1 Å². The van der Waals surface area contributed by atoms with Crippen LogP contribution in [0.5, 0.6) is 0 Å². The topological polar surface area (TPSA) is 122 Å². The van der Waals surface area contributed by atoms with Crippen LogP contribution in [0.1, 0.15) is 45.4 Å². The predicted octanol–water partition coefficient (Wildman–Crippen LogP) is -0.931. The summed E-state index contributed by atoms with van der Waals surface area (Å²) in [5, 5.41) is 5.31. The number of hydrogen-bond donors (Lipinski definition) is 3. The molecule has 24 heavy (non-hydrogen) atoms. The van der Waals surface area contributed by atoms with Crippen LogP contribution in [0.2, 0.25) is 0 Å². The van der Waals surface area contributed by atoms with Gasteiger partial charge in [-0.2, -0.15) is 0 Å². The number of nitrogens with two attached hydrogens (primary N) is 1. The lowest BCUT2D eigenvalue weighted by Crippen LogP contribution is -2.54.